The van der Waals surface area contributed by atoms with Crippen molar-refractivity contribution in [3.05, 3.63) is 71.8 Å². The van der Waals surface area contributed by atoms with Gasteiger partial charge >= 0.3 is 5.97 Å². The highest BCUT2D eigenvalue weighted by atomic mass is 16.7. The van der Waals surface area contributed by atoms with Gasteiger partial charge in [-0.3, -0.25) is 4.90 Å². The molecule has 2 aromatic carbocycles. The van der Waals surface area contributed by atoms with Crippen LogP contribution in [0.1, 0.15) is 18.1 Å². The van der Waals surface area contributed by atoms with Crippen molar-refractivity contribution in [3.8, 4) is 0 Å². The van der Waals surface area contributed by atoms with Gasteiger partial charge in [0.15, 0.2) is 0 Å². The number of rotatable bonds is 7. The largest absolute Gasteiger partial charge is 0.462 e. The Bertz CT molecular complexity index is 627. The summed E-state index contributed by atoms with van der Waals surface area (Å²) in [5, 5.41) is 0. The molecule has 0 bridgehead atoms. The maximum atomic E-state index is 11.8. The van der Waals surface area contributed by atoms with Crippen LogP contribution in [-0.4, -0.2) is 43.0 Å². The highest BCUT2D eigenvalue weighted by Crippen LogP contribution is 2.18. The fraction of sp³-hybridized carbons (Fsp3) is 0.381. The first kappa shape index (κ1) is 18.6. The summed E-state index contributed by atoms with van der Waals surface area (Å²) in [6.45, 7) is 4.53. The summed E-state index contributed by atoms with van der Waals surface area (Å²) in [7, 11) is 0. The lowest BCUT2D eigenvalue weighted by Crippen LogP contribution is -2.48. The summed E-state index contributed by atoms with van der Waals surface area (Å²) in [5.74, 6) is -0.455. The predicted octanol–water partition coefficient (Wildman–Crippen LogP) is 2.99. The van der Waals surface area contributed by atoms with Crippen molar-refractivity contribution in [1.29, 1.82) is 0 Å². The molecular formula is C21H25NO4. The SMILES string of the molecule is CCOC(=O)C1OCC(N(Cc2ccccc2)Cc2ccccc2)CO1. The van der Waals surface area contributed by atoms with E-state index in [1.54, 1.807) is 6.92 Å². The molecule has 0 N–H and O–H groups in total. The summed E-state index contributed by atoms with van der Waals surface area (Å²) in [4.78, 5) is 14.1. The Morgan fingerprint density at radius 2 is 1.46 bits per heavy atom. The smallest absolute Gasteiger partial charge is 0.363 e. The Balaban J connectivity index is 1.66. The van der Waals surface area contributed by atoms with Crippen LogP contribution < -0.4 is 0 Å². The van der Waals surface area contributed by atoms with Gasteiger partial charge in [-0.1, -0.05) is 60.7 Å². The summed E-state index contributed by atoms with van der Waals surface area (Å²) < 4.78 is 16.2. The van der Waals surface area contributed by atoms with E-state index >= 15 is 0 Å². The van der Waals surface area contributed by atoms with Crippen molar-refractivity contribution in [3.63, 3.8) is 0 Å². The normalized spacial score (nSPS) is 20.1. The Morgan fingerprint density at radius 3 is 1.92 bits per heavy atom. The minimum atomic E-state index is -0.915. The second-order valence-corrected chi connectivity index (χ2v) is 6.28. The van der Waals surface area contributed by atoms with Crippen LogP contribution in [0.15, 0.2) is 60.7 Å². The molecule has 1 fully saturated rings. The number of nitrogens with zero attached hydrogens (tertiary/aromatic N) is 1. The predicted molar refractivity (Wildman–Crippen MR) is 98.2 cm³/mol. The molecular weight excluding hydrogens is 330 g/mol. The third-order valence-electron chi connectivity index (χ3n) is 4.33. The Kier molecular flexibility index (Phi) is 6.77. The molecule has 0 atom stereocenters. The summed E-state index contributed by atoms with van der Waals surface area (Å²) >= 11 is 0. The monoisotopic (exact) mass is 355 g/mol. The van der Waals surface area contributed by atoms with Crippen LogP contribution in [0.25, 0.3) is 0 Å². The number of hydrogen-bond acceptors (Lipinski definition) is 5. The van der Waals surface area contributed by atoms with Gasteiger partial charge in [-0.05, 0) is 18.1 Å². The number of carbonyl (C=O) groups excluding carboxylic acids is 1. The lowest BCUT2D eigenvalue weighted by molar-refractivity contribution is -0.224. The van der Waals surface area contributed by atoms with Crippen LogP contribution in [0.3, 0.4) is 0 Å². The number of ether oxygens (including phenoxy) is 3. The van der Waals surface area contributed by atoms with Gasteiger partial charge < -0.3 is 14.2 Å². The maximum Gasteiger partial charge on any atom is 0.363 e. The Labute approximate surface area is 154 Å². The van der Waals surface area contributed by atoms with E-state index in [0.717, 1.165) is 13.1 Å². The minimum Gasteiger partial charge on any atom is -0.462 e. The molecule has 0 aliphatic carbocycles. The number of carbonyl (C=O) groups is 1. The zero-order valence-electron chi connectivity index (χ0n) is 15.0. The first-order valence-electron chi connectivity index (χ1n) is 8.98. The molecule has 138 valence electrons. The van der Waals surface area contributed by atoms with Crippen molar-refractivity contribution in [2.24, 2.45) is 0 Å². The van der Waals surface area contributed by atoms with Gasteiger partial charge in [-0.25, -0.2) is 4.79 Å². The van der Waals surface area contributed by atoms with E-state index in [4.69, 9.17) is 14.2 Å². The van der Waals surface area contributed by atoms with E-state index in [2.05, 4.69) is 29.2 Å². The van der Waals surface area contributed by atoms with Crippen molar-refractivity contribution in [2.45, 2.75) is 32.3 Å². The molecule has 5 nitrogen and oxygen atoms in total. The zero-order valence-corrected chi connectivity index (χ0v) is 15.0. The molecule has 1 aliphatic heterocycles. The highest BCUT2D eigenvalue weighted by molar-refractivity contribution is 5.73. The zero-order chi connectivity index (χ0) is 18.2. The quantitative estimate of drug-likeness (QED) is 0.715. The summed E-state index contributed by atoms with van der Waals surface area (Å²) in [5.41, 5.74) is 2.46. The van der Waals surface area contributed by atoms with E-state index < -0.39 is 12.3 Å². The van der Waals surface area contributed by atoms with Gasteiger partial charge in [0.05, 0.1) is 25.9 Å². The molecule has 0 aromatic heterocycles. The molecule has 0 radical (unpaired) electrons. The number of esters is 1. The molecule has 0 unspecified atom stereocenters. The van der Waals surface area contributed by atoms with Gasteiger partial charge in [0, 0.05) is 13.1 Å². The lowest BCUT2D eigenvalue weighted by atomic mass is 10.1. The highest BCUT2D eigenvalue weighted by Gasteiger charge is 2.32. The van der Waals surface area contributed by atoms with Crippen molar-refractivity contribution >= 4 is 5.97 Å². The van der Waals surface area contributed by atoms with Crippen LogP contribution in [0.4, 0.5) is 0 Å². The average Bonchev–Trinajstić information content (AvgIpc) is 2.69. The van der Waals surface area contributed by atoms with Crippen LogP contribution in [0.5, 0.6) is 0 Å². The third kappa shape index (κ3) is 5.14. The van der Waals surface area contributed by atoms with Gasteiger partial charge in [0.1, 0.15) is 0 Å². The van der Waals surface area contributed by atoms with Crippen LogP contribution in [0, 0.1) is 0 Å². The van der Waals surface area contributed by atoms with Gasteiger partial charge in [-0.15, -0.1) is 0 Å². The first-order chi connectivity index (χ1) is 12.8. The van der Waals surface area contributed by atoms with E-state index in [0.29, 0.717) is 19.8 Å². The minimum absolute atomic E-state index is 0.0705. The fourth-order valence-electron chi connectivity index (χ4n) is 3.00. The van der Waals surface area contributed by atoms with Crippen LogP contribution >= 0.6 is 0 Å². The molecule has 26 heavy (non-hydrogen) atoms. The van der Waals surface area contributed by atoms with E-state index in [-0.39, 0.29) is 6.04 Å². The molecule has 1 saturated heterocycles. The maximum absolute atomic E-state index is 11.8. The first-order valence-corrected chi connectivity index (χ1v) is 8.98. The third-order valence-corrected chi connectivity index (χ3v) is 4.33. The second kappa shape index (κ2) is 9.48. The molecule has 5 heteroatoms. The van der Waals surface area contributed by atoms with Gasteiger partial charge in [-0.2, -0.15) is 0 Å². The van der Waals surface area contributed by atoms with Gasteiger partial charge in [0.2, 0.25) is 0 Å². The standard InChI is InChI=1S/C21H25NO4/c1-2-24-20(23)21-25-15-19(16-26-21)22(13-17-9-5-3-6-10-17)14-18-11-7-4-8-12-18/h3-12,19,21H,2,13-16H2,1H3. The van der Waals surface area contributed by atoms with E-state index in [9.17, 15) is 4.79 Å². The van der Waals surface area contributed by atoms with E-state index in [1.165, 1.54) is 11.1 Å². The van der Waals surface area contributed by atoms with Crippen molar-refractivity contribution < 1.29 is 19.0 Å². The second-order valence-electron chi connectivity index (χ2n) is 6.28. The molecule has 1 heterocycles. The van der Waals surface area contributed by atoms with Crippen LogP contribution in [-0.2, 0) is 32.1 Å². The lowest BCUT2D eigenvalue weighted by Gasteiger charge is -2.36. The molecule has 1 aliphatic rings. The Morgan fingerprint density at radius 1 is 0.962 bits per heavy atom. The van der Waals surface area contributed by atoms with E-state index in [1.807, 2.05) is 36.4 Å². The topological polar surface area (TPSA) is 48.0 Å². The molecule has 0 amide bonds. The fourth-order valence-corrected chi connectivity index (χ4v) is 3.00. The molecule has 0 saturated carbocycles. The molecule has 0 spiro atoms. The number of benzene rings is 2. The number of hydrogen-bond donors (Lipinski definition) is 0. The van der Waals surface area contributed by atoms with Crippen molar-refractivity contribution in [2.75, 3.05) is 19.8 Å². The Hall–Kier alpha value is -2.21. The summed E-state index contributed by atoms with van der Waals surface area (Å²) in [6.07, 6.45) is -0.915. The molecule has 3 rings (SSSR count). The molecule has 2 aromatic rings. The van der Waals surface area contributed by atoms with Crippen molar-refractivity contribution in [1.82, 2.24) is 4.90 Å². The average molecular weight is 355 g/mol. The van der Waals surface area contributed by atoms with Crippen LogP contribution in [0.2, 0.25) is 0 Å². The van der Waals surface area contributed by atoms with Gasteiger partial charge in [0.25, 0.3) is 6.29 Å². The summed E-state index contributed by atoms with van der Waals surface area (Å²) in [6, 6.07) is 20.7.